The van der Waals surface area contributed by atoms with Crippen LogP contribution in [-0.2, 0) is 4.79 Å². The van der Waals surface area contributed by atoms with Crippen LogP contribution in [0.2, 0.25) is 0 Å². The number of rotatable bonds is 2. The number of hydrogen-bond acceptors (Lipinski definition) is 4. The Balaban J connectivity index is 2.47. The number of hydrogen-bond donors (Lipinski definition) is 1. The Morgan fingerprint density at radius 3 is 3.00 bits per heavy atom. The molecule has 1 amide bonds. The molecule has 1 aromatic carbocycles. The van der Waals surface area contributed by atoms with Gasteiger partial charge in [0.15, 0.2) is 11.5 Å². The summed E-state index contributed by atoms with van der Waals surface area (Å²) >= 11 is 0. The van der Waals surface area contributed by atoms with Gasteiger partial charge in [0.25, 0.3) is 5.91 Å². The van der Waals surface area contributed by atoms with Crippen molar-refractivity contribution in [2.75, 3.05) is 6.79 Å². The van der Waals surface area contributed by atoms with Crippen molar-refractivity contribution in [3.63, 3.8) is 0 Å². The summed E-state index contributed by atoms with van der Waals surface area (Å²) in [6.45, 7) is 0.138. The van der Waals surface area contributed by atoms with Crippen LogP contribution in [0, 0.1) is 11.3 Å². The third-order valence-corrected chi connectivity index (χ3v) is 2.11. The summed E-state index contributed by atoms with van der Waals surface area (Å²) in [7, 11) is 0. The van der Waals surface area contributed by atoms with Gasteiger partial charge in [-0.25, -0.2) is 0 Å². The van der Waals surface area contributed by atoms with E-state index in [2.05, 4.69) is 0 Å². The maximum absolute atomic E-state index is 10.9. The Morgan fingerprint density at radius 2 is 2.31 bits per heavy atom. The first kappa shape index (κ1) is 10.1. The zero-order valence-corrected chi connectivity index (χ0v) is 8.27. The molecule has 1 aliphatic rings. The molecule has 0 bridgehead atoms. The molecule has 0 saturated heterocycles. The zero-order chi connectivity index (χ0) is 11.5. The van der Waals surface area contributed by atoms with Gasteiger partial charge in [-0.1, -0.05) is 12.1 Å². The van der Waals surface area contributed by atoms with Crippen LogP contribution in [0.1, 0.15) is 5.56 Å². The lowest BCUT2D eigenvalue weighted by molar-refractivity contribution is -0.114. The van der Waals surface area contributed by atoms with E-state index in [1.165, 1.54) is 6.08 Å². The number of nitrogens with two attached hydrogens (primary N) is 1. The first-order valence-corrected chi connectivity index (χ1v) is 4.52. The second-order valence-electron chi connectivity index (χ2n) is 3.12. The van der Waals surface area contributed by atoms with Gasteiger partial charge >= 0.3 is 0 Å². The van der Waals surface area contributed by atoms with Crippen LogP contribution < -0.4 is 15.2 Å². The van der Waals surface area contributed by atoms with Gasteiger partial charge in [-0.05, 0) is 12.1 Å². The highest BCUT2D eigenvalue weighted by Gasteiger charge is 2.16. The number of ether oxygens (including phenoxy) is 2. The Kier molecular flexibility index (Phi) is 2.48. The SMILES string of the molecule is N#CC(=Cc1cccc2c1OCO2)C(N)=O. The van der Waals surface area contributed by atoms with Crippen LogP contribution >= 0.6 is 0 Å². The summed E-state index contributed by atoms with van der Waals surface area (Å²) in [6.07, 6.45) is 1.38. The zero-order valence-electron chi connectivity index (χ0n) is 8.27. The first-order valence-electron chi connectivity index (χ1n) is 4.52. The van der Waals surface area contributed by atoms with E-state index in [4.69, 9.17) is 20.5 Å². The monoisotopic (exact) mass is 216 g/mol. The van der Waals surface area contributed by atoms with E-state index < -0.39 is 5.91 Å². The van der Waals surface area contributed by atoms with Crippen LogP contribution in [0.3, 0.4) is 0 Å². The van der Waals surface area contributed by atoms with Gasteiger partial charge in [-0.3, -0.25) is 4.79 Å². The van der Waals surface area contributed by atoms with Gasteiger partial charge in [0.05, 0.1) is 0 Å². The van der Waals surface area contributed by atoms with Crippen molar-refractivity contribution in [1.82, 2.24) is 0 Å². The van der Waals surface area contributed by atoms with E-state index in [1.807, 2.05) is 0 Å². The number of benzene rings is 1. The average Bonchev–Trinajstić information content (AvgIpc) is 2.73. The summed E-state index contributed by atoms with van der Waals surface area (Å²) in [5.74, 6) is 0.353. The molecule has 0 unspecified atom stereocenters. The number of carbonyl (C=O) groups is 1. The first-order chi connectivity index (χ1) is 7.72. The quantitative estimate of drug-likeness (QED) is 0.585. The van der Waals surface area contributed by atoms with Crippen molar-refractivity contribution in [2.45, 2.75) is 0 Å². The predicted molar refractivity (Wildman–Crippen MR) is 55.3 cm³/mol. The molecule has 0 spiro atoms. The van der Waals surface area contributed by atoms with Crippen LogP contribution in [0.5, 0.6) is 11.5 Å². The van der Waals surface area contributed by atoms with Crippen LogP contribution in [-0.4, -0.2) is 12.7 Å². The van der Waals surface area contributed by atoms with Gasteiger partial charge < -0.3 is 15.2 Å². The van der Waals surface area contributed by atoms with Gasteiger partial charge in [0, 0.05) is 5.56 Å². The van der Waals surface area contributed by atoms with Crippen LogP contribution in [0.4, 0.5) is 0 Å². The fourth-order valence-corrected chi connectivity index (χ4v) is 1.38. The van der Waals surface area contributed by atoms with Gasteiger partial charge in [-0.2, -0.15) is 5.26 Å². The molecule has 2 N–H and O–H groups in total. The van der Waals surface area contributed by atoms with Crippen molar-refractivity contribution < 1.29 is 14.3 Å². The lowest BCUT2D eigenvalue weighted by Gasteiger charge is -2.00. The van der Waals surface area contributed by atoms with E-state index in [0.29, 0.717) is 17.1 Å². The summed E-state index contributed by atoms with van der Waals surface area (Å²) in [4.78, 5) is 10.9. The smallest absolute Gasteiger partial charge is 0.259 e. The standard InChI is InChI=1S/C11H8N2O3/c12-5-8(11(13)14)4-7-2-1-3-9-10(7)16-6-15-9/h1-4H,6H2,(H2,13,14). The molecule has 0 atom stereocenters. The molecule has 16 heavy (non-hydrogen) atoms. The second-order valence-corrected chi connectivity index (χ2v) is 3.12. The molecular weight excluding hydrogens is 208 g/mol. The number of para-hydroxylation sites is 1. The third kappa shape index (κ3) is 1.68. The number of primary amides is 1. The van der Waals surface area contributed by atoms with E-state index in [1.54, 1.807) is 24.3 Å². The molecule has 2 rings (SSSR count). The predicted octanol–water partition coefficient (Wildman–Crippen LogP) is 0.808. The number of carbonyl (C=O) groups excluding carboxylic acids is 1. The number of nitrogens with zero attached hydrogens (tertiary/aromatic N) is 1. The van der Waals surface area contributed by atoms with E-state index in [0.717, 1.165) is 0 Å². The second kappa shape index (κ2) is 3.95. The maximum Gasteiger partial charge on any atom is 0.259 e. The highest BCUT2D eigenvalue weighted by molar-refractivity contribution is 6.01. The summed E-state index contributed by atoms with van der Waals surface area (Å²) in [5.41, 5.74) is 5.52. The van der Waals surface area contributed by atoms with E-state index in [9.17, 15) is 4.79 Å². The van der Waals surface area contributed by atoms with E-state index in [-0.39, 0.29) is 12.4 Å². The molecule has 0 fully saturated rings. The van der Waals surface area contributed by atoms with Crippen LogP contribution in [0.15, 0.2) is 23.8 Å². The van der Waals surface area contributed by atoms with Crippen molar-refractivity contribution in [1.29, 1.82) is 5.26 Å². The Bertz CT molecular complexity index is 514. The molecule has 5 nitrogen and oxygen atoms in total. The number of fused-ring (bicyclic) bond motifs is 1. The maximum atomic E-state index is 10.9. The lowest BCUT2D eigenvalue weighted by atomic mass is 10.1. The largest absolute Gasteiger partial charge is 0.454 e. The highest BCUT2D eigenvalue weighted by atomic mass is 16.7. The molecule has 0 aromatic heterocycles. The van der Waals surface area contributed by atoms with E-state index >= 15 is 0 Å². The fraction of sp³-hybridized carbons (Fsp3) is 0.0909. The minimum Gasteiger partial charge on any atom is -0.454 e. The summed E-state index contributed by atoms with van der Waals surface area (Å²) in [5, 5.41) is 8.72. The molecule has 0 aliphatic carbocycles. The minimum absolute atomic E-state index is 0.121. The Labute approximate surface area is 91.7 Å². The number of nitriles is 1. The minimum atomic E-state index is -0.765. The molecule has 0 saturated carbocycles. The van der Waals surface area contributed by atoms with Crippen molar-refractivity contribution >= 4 is 12.0 Å². The molecule has 1 heterocycles. The molecule has 1 aromatic rings. The normalized spacial score (nSPS) is 13.3. The molecule has 5 heteroatoms. The van der Waals surface area contributed by atoms with Gasteiger partial charge in [-0.15, -0.1) is 0 Å². The summed E-state index contributed by atoms with van der Waals surface area (Å²) in [6, 6.07) is 6.94. The number of amides is 1. The third-order valence-electron chi connectivity index (χ3n) is 2.11. The van der Waals surface area contributed by atoms with Crippen molar-refractivity contribution in [3.8, 4) is 17.6 Å². The van der Waals surface area contributed by atoms with Gasteiger partial charge in [0.2, 0.25) is 6.79 Å². The van der Waals surface area contributed by atoms with Crippen molar-refractivity contribution in [3.05, 3.63) is 29.3 Å². The summed E-state index contributed by atoms with van der Waals surface area (Å²) < 4.78 is 10.4. The van der Waals surface area contributed by atoms with Crippen molar-refractivity contribution in [2.24, 2.45) is 5.73 Å². The topological polar surface area (TPSA) is 85.3 Å². The van der Waals surface area contributed by atoms with Crippen LogP contribution in [0.25, 0.3) is 6.08 Å². The Morgan fingerprint density at radius 1 is 1.50 bits per heavy atom. The van der Waals surface area contributed by atoms with Gasteiger partial charge in [0.1, 0.15) is 11.6 Å². The molecular formula is C11H8N2O3. The fourth-order valence-electron chi connectivity index (χ4n) is 1.38. The highest BCUT2D eigenvalue weighted by Crippen LogP contribution is 2.36. The lowest BCUT2D eigenvalue weighted by Crippen LogP contribution is -2.12. The average molecular weight is 216 g/mol. The molecule has 0 radical (unpaired) electrons. The Hall–Kier alpha value is -2.48. The molecule has 80 valence electrons. The molecule has 1 aliphatic heterocycles.